The summed E-state index contributed by atoms with van der Waals surface area (Å²) in [6.07, 6.45) is 9.27. The Morgan fingerprint density at radius 1 is 1.40 bits per heavy atom. The van der Waals surface area contributed by atoms with Crippen molar-refractivity contribution in [2.24, 2.45) is 5.92 Å². The summed E-state index contributed by atoms with van der Waals surface area (Å²) in [5.41, 5.74) is 2.11. The van der Waals surface area contributed by atoms with E-state index in [1.807, 2.05) is 18.2 Å². The molecule has 1 heteroatoms. The Balaban J connectivity index is 2.02. The quantitative estimate of drug-likeness (QED) is 0.721. The number of terminal acetylenes is 1. The van der Waals surface area contributed by atoms with E-state index in [1.165, 1.54) is 19.3 Å². The van der Waals surface area contributed by atoms with Gasteiger partial charge in [0, 0.05) is 17.3 Å². The van der Waals surface area contributed by atoms with Gasteiger partial charge in [-0.15, -0.1) is 6.42 Å². The molecule has 0 spiro atoms. The molecule has 1 fully saturated rings. The fourth-order valence-corrected chi connectivity index (χ4v) is 2.27. The van der Waals surface area contributed by atoms with Gasteiger partial charge in [0.25, 0.3) is 0 Å². The molecule has 78 valence electrons. The molecule has 0 unspecified atom stereocenters. The Bertz CT molecular complexity index is 375. The van der Waals surface area contributed by atoms with E-state index in [4.69, 9.17) is 6.42 Å². The smallest absolute Gasteiger partial charge is 0.0354 e. The molecule has 15 heavy (non-hydrogen) atoms. The number of anilines is 1. The number of benzene rings is 1. The van der Waals surface area contributed by atoms with Crippen LogP contribution in [0.4, 0.5) is 5.69 Å². The van der Waals surface area contributed by atoms with Crippen molar-refractivity contribution in [2.75, 3.05) is 5.32 Å². The van der Waals surface area contributed by atoms with Crippen LogP contribution in [0.1, 0.15) is 31.7 Å². The van der Waals surface area contributed by atoms with Crippen molar-refractivity contribution in [3.8, 4) is 12.3 Å². The lowest BCUT2D eigenvalue weighted by Gasteiger charge is -2.14. The fourth-order valence-electron chi connectivity index (χ4n) is 2.27. The van der Waals surface area contributed by atoms with Gasteiger partial charge in [-0.25, -0.2) is 0 Å². The minimum Gasteiger partial charge on any atom is -0.382 e. The molecule has 0 bridgehead atoms. The molecule has 2 rings (SSSR count). The fraction of sp³-hybridized carbons (Fsp3) is 0.429. The van der Waals surface area contributed by atoms with E-state index < -0.39 is 0 Å². The molecule has 1 nitrogen and oxygen atoms in total. The molecule has 2 atom stereocenters. The highest BCUT2D eigenvalue weighted by atomic mass is 14.9. The Morgan fingerprint density at radius 2 is 2.27 bits per heavy atom. The van der Waals surface area contributed by atoms with Crippen molar-refractivity contribution in [3.05, 3.63) is 29.8 Å². The average molecular weight is 199 g/mol. The lowest BCUT2D eigenvalue weighted by atomic mass is 10.1. The summed E-state index contributed by atoms with van der Waals surface area (Å²) in [6.45, 7) is 2.32. The van der Waals surface area contributed by atoms with Crippen molar-refractivity contribution in [2.45, 2.75) is 32.2 Å². The first-order valence-corrected chi connectivity index (χ1v) is 5.61. The van der Waals surface area contributed by atoms with E-state index in [-0.39, 0.29) is 0 Å². The summed E-state index contributed by atoms with van der Waals surface area (Å²) >= 11 is 0. The normalized spacial score (nSPS) is 24.8. The summed E-state index contributed by atoms with van der Waals surface area (Å²) in [5.74, 6) is 3.52. The van der Waals surface area contributed by atoms with E-state index in [2.05, 4.69) is 24.2 Å². The summed E-state index contributed by atoms with van der Waals surface area (Å²) in [6, 6.07) is 8.73. The number of rotatable bonds is 2. The zero-order valence-corrected chi connectivity index (χ0v) is 9.16. The number of hydrogen-bond donors (Lipinski definition) is 1. The third-order valence-electron chi connectivity index (χ3n) is 3.09. The first kappa shape index (κ1) is 10.1. The van der Waals surface area contributed by atoms with Gasteiger partial charge in [0.1, 0.15) is 0 Å². The van der Waals surface area contributed by atoms with E-state index in [1.54, 1.807) is 0 Å². The summed E-state index contributed by atoms with van der Waals surface area (Å²) < 4.78 is 0. The lowest BCUT2D eigenvalue weighted by Crippen LogP contribution is -2.15. The van der Waals surface area contributed by atoms with Crippen LogP contribution in [0, 0.1) is 18.3 Å². The maximum atomic E-state index is 5.37. The third-order valence-corrected chi connectivity index (χ3v) is 3.09. The van der Waals surface area contributed by atoms with Gasteiger partial charge in [0.2, 0.25) is 0 Å². The molecule has 0 amide bonds. The molecule has 0 saturated heterocycles. The predicted octanol–water partition coefficient (Wildman–Crippen LogP) is 3.27. The Morgan fingerprint density at radius 3 is 2.93 bits per heavy atom. The third kappa shape index (κ3) is 2.53. The molecule has 1 aromatic carbocycles. The Hall–Kier alpha value is -1.42. The molecule has 0 heterocycles. The van der Waals surface area contributed by atoms with E-state index >= 15 is 0 Å². The van der Waals surface area contributed by atoms with Gasteiger partial charge in [-0.1, -0.05) is 18.9 Å². The first-order valence-electron chi connectivity index (χ1n) is 5.61. The molecular weight excluding hydrogens is 182 g/mol. The van der Waals surface area contributed by atoms with Gasteiger partial charge in [-0.05, 0) is 43.4 Å². The molecule has 1 aliphatic rings. The van der Waals surface area contributed by atoms with Crippen LogP contribution in [0.2, 0.25) is 0 Å². The average Bonchev–Trinajstić information content (AvgIpc) is 2.64. The van der Waals surface area contributed by atoms with Crippen LogP contribution < -0.4 is 5.32 Å². The highest BCUT2D eigenvalue weighted by Gasteiger charge is 2.20. The van der Waals surface area contributed by atoms with Crippen LogP contribution in [0.3, 0.4) is 0 Å². The van der Waals surface area contributed by atoms with Crippen molar-refractivity contribution >= 4 is 5.69 Å². The summed E-state index contributed by atoms with van der Waals surface area (Å²) in [5, 5.41) is 3.55. The second-order valence-electron chi connectivity index (χ2n) is 4.48. The minimum atomic E-state index is 0.632. The zero-order chi connectivity index (χ0) is 10.7. The number of hydrogen-bond acceptors (Lipinski definition) is 1. The molecule has 1 aromatic rings. The largest absolute Gasteiger partial charge is 0.382 e. The van der Waals surface area contributed by atoms with E-state index in [0.29, 0.717) is 6.04 Å². The minimum absolute atomic E-state index is 0.632. The highest BCUT2D eigenvalue weighted by molar-refractivity contribution is 5.50. The van der Waals surface area contributed by atoms with Gasteiger partial charge in [0.05, 0.1) is 0 Å². The molecule has 0 radical (unpaired) electrons. The molecule has 1 aliphatic carbocycles. The van der Waals surface area contributed by atoms with E-state index in [0.717, 1.165) is 17.2 Å². The topological polar surface area (TPSA) is 12.0 Å². The van der Waals surface area contributed by atoms with Crippen molar-refractivity contribution in [1.29, 1.82) is 0 Å². The second-order valence-corrected chi connectivity index (χ2v) is 4.48. The van der Waals surface area contributed by atoms with Crippen LogP contribution in [-0.4, -0.2) is 6.04 Å². The first-order chi connectivity index (χ1) is 7.28. The van der Waals surface area contributed by atoms with Gasteiger partial charge in [-0.2, -0.15) is 0 Å². The monoisotopic (exact) mass is 199 g/mol. The van der Waals surface area contributed by atoms with Gasteiger partial charge in [0.15, 0.2) is 0 Å². The van der Waals surface area contributed by atoms with Gasteiger partial charge in [-0.3, -0.25) is 0 Å². The van der Waals surface area contributed by atoms with Crippen LogP contribution in [0.15, 0.2) is 24.3 Å². The molecule has 0 aromatic heterocycles. The van der Waals surface area contributed by atoms with Crippen LogP contribution >= 0.6 is 0 Å². The van der Waals surface area contributed by atoms with Crippen LogP contribution in [-0.2, 0) is 0 Å². The molecule has 0 aliphatic heterocycles. The maximum Gasteiger partial charge on any atom is 0.0354 e. The standard InChI is InChI=1S/C14H17N/c1-3-12-5-4-6-13(10-12)15-14-8-7-11(2)9-14/h1,4-6,10-11,14-15H,7-9H2,2H3/t11-,14+/m0/s1. The molecular formula is C14H17N. The van der Waals surface area contributed by atoms with Gasteiger partial charge < -0.3 is 5.32 Å². The SMILES string of the molecule is C#Cc1cccc(N[C@@H]2CC[C@H](C)C2)c1. The van der Waals surface area contributed by atoms with Crippen LogP contribution in [0.5, 0.6) is 0 Å². The van der Waals surface area contributed by atoms with Gasteiger partial charge >= 0.3 is 0 Å². The predicted molar refractivity (Wildman–Crippen MR) is 64.8 cm³/mol. The number of nitrogens with one attached hydrogen (secondary N) is 1. The van der Waals surface area contributed by atoms with Crippen LogP contribution in [0.25, 0.3) is 0 Å². The molecule has 1 saturated carbocycles. The second kappa shape index (κ2) is 4.40. The van der Waals surface area contributed by atoms with Crippen molar-refractivity contribution in [1.82, 2.24) is 0 Å². The Labute approximate surface area is 91.9 Å². The van der Waals surface area contributed by atoms with Crippen molar-refractivity contribution in [3.63, 3.8) is 0 Å². The maximum absolute atomic E-state index is 5.37. The van der Waals surface area contributed by atoms with Crippen molar-refractivity contribution < 1.29 is 0 Å². The van der Waals surface area contributed by atoms with E-state index in [9.17, 15) is 0 Å². The summed E-state index contributed by atoms with van der Waals surface area (Å²) in [4.78, 5) is 0. The Kier molecular flexibility index (Phi) is 2.97. The summed E-state index contributed by atoms with van der Waals surface area (Å²) in [7, 11) is 0. The lowest BCUT2D eigenvalue weighted by molar-refractivity contribution is 0.602. The molecule has 1 N–H and O–H groups in total. The highest BCUT2D eigenvalue weighted by Crippen LogP contribution is 2.27. The zero-order valence-electron chi connectivity index (χ0n) is 9.16.